The summed E-state index contributed by atoms with van der Waals surface area (Å²) in [6.07, 6.45) is 1.65. The van der Waals surface area contributed by atoms with Crippen LogP contribution in [-0.2, 0) is 17.9 Å². The monoisotopic (exact) mass is 568 g/mol. The molecule has 0 bridgehead atoms. The van der Waals surface area contributed by atoms with Gasteiger partial charge in [-0.15, -0.1) is 0 Å². The Hall–Kier alpha value is -3.25. The minimum Gasteiger partial charge on any atom is -0.493 e. The molecule has 2 amide bonds. The van der Waals surface area contributed by atoms with Crippen molar-refractivity contribution in [1.29, 1.82) is 5.26 Å². The molecule has 0 aliphatic carbocycles. The van der Waals surface area contributed by atoms with Crippen LogP contribution in [0.25, 0.3) is 6.08 Å². The molecule has 1 saturated heterocycles. The minimum absolute atomic E-state index is 0.170. The molecule has 4 rings (SSSR count). The third-order valence-corrected chi connectivity index (χ3v) is 6.94. The number of rotatable bonds is 7. The number of thioether (sulfide) groups is 1. The lowest BCUT2D eigenvalue weighted by Gasteiger charge is -2.14. The largest absolute Gasteiger partial charge is 0.493 e. The molecule has 1 heterocycles. The maximum Gasteiger partial charge on any atom is 0.293 e. The topological polar surface area (TPSA) is 79.6 Å². The Morgan fingerprint density at radius 1 is 1.14 bits per heavy atom. The molecule has 0 spiro atoms. The number of hydrogen-bond acceptors (Lipinski definition) is 6. The van der Waals surface area contributed by atoms with Crippen LogP contribution in [0.2, 0.25) is 5.02 Å². The van der Waals surface area contributed by atoms with Crippen LogP contribution in [0.15, 0.2) is 70.0 Å². The van der Waals surface area contributed by atoms with Crippen molar-refractivity contribution in [1.82, 2.24) is 4.90 Å². The molecule has 0 saturated carbocycles. The van der Waals surface area contributed by atoms with Crippen LogP contribution in [0.3, 0.4) is 0 Å². The van der Waals surface area contributed by atoms with Crippen LogP contribution >= 0.6 is 39.3 Å². The third kappa shape index (κ3) is 5.70. The molecule has 1 aliphatic heterocycles. The average molecular weight is 570 g/mol. The number of nitrogens with zero attached hydrogens (tertiary/aromatic N) is 2. The number of amides is 2. The van der Waals surface area contributed by atoms with Gasteiger partial charge in [-0.3, -0.25) is 14.5 Å². The van der Waals surface area contributed by atoms with Gasteiger partial charge in [-0.25, -0.2) is 0 Å². The molecule has 176 valence electrons. The first-order valence-electron chi connectivity index (χ1n) is 10.4. The molecule has 0 radical (unpaired) electrons. The number of methoxy groups -OCH3 is 1. The van der Waals surface area contributed by atoms with Gasteiger partial charge in [-0.2, -0.15) is 5.26 Å². The molecule has 6 nitrogen and oxygen atoms in total. The Morgan fingerprint density at radius 2 is 1.89 bits per heavy atom. The molecular weight excluding hydrogens is 552 g/mol. The van der Waals surface area contributed by atoms with Crippen LogP contribution < -0.4 is 9.47 Å². The normalized spacial score (nSPS) is 14.3. The van der Waals surface area contributed by atoms with E-state index in [-0.39, 0.29) is 24.3 Å². The fourth-order valence-corrected chi connectivity index (χ4v) is 4.97. The van der Waals surface area contributed by atoms with Crippen molar-refractivity contribution in [3.05, 3.63) is 97.3 Å². The molecular formula is C26H18BrClN2O4S. The van der Waals surface area contributed by atoms with Gasteiger partial charge in [0, 0.05) is 10.6 Å². The van der Waals surface area contributed by atoms with E-state index >= 15 is 0 Å². The summed E-state index contributed by atoms with van der Waals surface area (Å²) in [5.41, 5.74) is 2.76. The predicted octanol–water partition coefficient (Wildman–Crippen LogP) is 6.80. The lowest BCUT2D eigenvalue weighted by Crippen LogP contribution is -2.27. The Morgan fingerprint density at radius 3 is 2.60 bits per heavy atom. The number of hydrogen-bond donors (Lipinski definition) is 0. The van der Waals surface area contributed by atoms with Gasteiger partial charge in [0.05, 0.1) is 34.7 Å². The molecule has 0 N–H and O–H groups in total. The van der Waals surface area contributed by atoms with Crippen LogP contribution in [0.4, 0.5) is 4.79 Å². The van der Waals surface area contributed by atoms with Crippen LogP contribution in [-0.4, -0.2) is 23.2 Å². The van der Waals surface area contributed by atoms with Crippen LogP contribution in [0.5, 0.6) is 11.5 Å². The van der Waals surface area contributed by atoms with Crippen LogP contribution in [0, 0.1) is 11.3 Å². The molecule has 1 aliphatic rings. The van der Waals surface area contributed by atoms with E-state index in [9.17, 15) is 14.9 Å². The summed E-state index contributed by atoms with van der Waals surface area (Å²) < 4.78 is 12.1. The van der Waals surface area contributed by atoms with E-state index in [2.05, 4.69) is 22.0 Å². The first-order chi connectivity index (χ1) is 16.9. The summed E-state index contributed by atoms with van der Waals surface area (Å²) in [5, 5.41) is 9.54. The highest BCUT2D eigenvalue weighted by Crippen LogP contribution is 2.40. The van der Waals surface area contributed by atoms with Crippen molar-refractivity contribution < 1.29 is 19.1 Å². The van der Waals surface area contributed by atoms with Gasteiger partial charge >= 0.3 is 0 Å². The summed E-state index contributed by atoms with van der Waals surface area (Å²) >= 11 is 10.3. The van der Waals surface area contributed by atoms with Crippen molar-refractivity contribution >= 4 is 56.5 Å². The second-order valence-corrected chi connectivity index (χ2v) is 9.77. The third-order valence-electron chi connectivity index (χ3n) is 5.19. The van der Waals surface area contributed by atoms with Crippen molar-refractivity contribution in [3.8, 4) is 17.6 Å². The van der Waals surface area contributed by atoms with Gasteiger partial charge in [0.15, 0.2) is 11.5 Å². The molecule has 35 heavy (non-hydrogen) atoms. The highest BCUT2D eigenvalue weighted by Gasteiger charge is 2.35. The zero-order valence-corrected chi connectivity index (χ0v) is 21.6. The molecule has 3 aromatic carbocycles. The number of imide groups is 1. The maximum absolute atomic E-state index is 12.9. The SMILES string of the molecule is COc1cc(/C=C2\SC(=O)N(Cc3ccc(Cl)cc3)C2=O)cc(Br)c1OCc1ccccc1C#N. The summed E-state index contributed by atoms with van der Waals surface area (Å²) in [6, 6.07) is 19.9. The standard InChI is InChI=1S/C26H18BrClN2O4S/c1-33-22-11-17(10-21(27)24(22)34-15-19-5-3-2-4-18(19)13-29)12-23-25(31)30(26(32)35-23)14-16-6-8-20(28)9-7-16/h2-12H,14-15H2,1H3/b23-12-. The molecule has 3 aromatic rings. The number of halogens is 2. The maximum atomic E-state index is 12.9. The van der Waals surface area contributed by atoms with Crippen molar-refractivity contribution in [2.45, 2.75) is 13.2 Å². The number of carbonyl (C=O) groups is 2. The molecule has 9 heteroatoms. The quantitative estimate of drug-likeness (QED) is 0.291. The van der Waals surface area contributed by atoms with E-state index in [0.29, 0.717) is 37.0 Å². The number of carbonyl (C=O) groups excluding carboxylic acids is 2. The highest BCUT2D eigenvalue weighted by molar-refractivity contribution is 9.10. The van der Waals surface area contributed by atoms with E-state index in [0.717, 1.165) is 22.9 Å². The lowest BCUT2D eigenvalue weighted by molar-refractivity contribution is -0.123. The molecule has 0 aromatic heterocycles. The zero-order chi connectivity index (χ0) is 24.9. The fraction of sp³-hybridized carbons (Fsp3) is 0.115. The Bertz CT molecular complexity index is 1370. The van der Waals surface area contributed by atoms with Crippen molar-refractivity contribution in [2.75, 3.05) is 7.11 Å². The fourth-order valence-electron chi connectivity index (χ4n) is 3.43. The highest BCUT2D eigenvalue weighted by atomic mass is 79.9. The number of benzene rings is 3. The number of nitriles is 1. The average Bonchev–Trinajstić information content (AvgIpc) is 3.11. The second-order valence-electron chi connectivity index (χ2n) is 7.49. The van der Waals surface area contributed by atoms with E-state index in [1.165, 1.54) is 12.0 Å². The number of ether oxygens (including phenoxy) is 2. The van der Waals surface area contributed by atoms with Gasteiger partial charge in [-0.1, -0.05) is 41.9 Å². The van der Waals surface area contributed by atoms with Gasteiger partial charge in [0.1, 0.15) is 6.61 Å². The first kappa shape index (κ1) is 24.9. The smallest absolute Gasteiger partial charge is 0.293 e. The van der Waals surface area contributed by atoms with E-state index < -0.39 is 0 Å². The summed E-state index contributed by atoms with van der Waals surface area (Å²) in [7, 11) is 1.52. The predicted molar refractivity (Wildman–Crippen MR) is 139 cm³/mol. The minimum atomic E-state index is -0.363. The summed E-state index contributed by atoms with van der Waals surface area (Å²) in [4.78, 5) is 26.9. The Labute approximate surface area is 220 Å². The summed E-state index contributed by atoms with van der Waals surface area (Å²) in [5.74, 6) is 0.548. The Kier molecular flexibility index (Phi) is 7.81. The van der Waals surface area contributed by atoms with Gasteiger partial charge in [-0.05, 0) is 75.2 Å². The lowest BCUT2D eigenvalue weighted by atomic mass is 10.1. The van der Waals surface area contributed by atoms with E-state index in [4.69, 9.17) is 21.1 Å². The van der Waals surface area contributed by atoms with Crippen LogP contribution in [0.1, 0.15) is 22.3 Å². The molecule has 0 unspecified atom stereocenters. The molecule has 1 fully saturated rings. The van der Waals surface area contributed by atoms with E-state index in [1.54, 1.807) is 54.6 Å². The van der Waals surface area contributed by atoms with Crippen molar-refractivity contribution in [2.24, 2.45) is 0 Å². The Balaban J connectivity index is 1.54. The summed E-state index contributed by atoms with van der Waals surface area (Å²) in [6.45, 7) is 0.352. The first-order valence-corrected chi connectivity index (χ1v) is 12.4. The molecule has 0 atom stereocenters. The van der Waals surface area contributed by atoms with E-state index in [1.807, 2.05) is 12.1 Å². The van der Waals surface area contributed by atoms with Crippen molar-refractivity contribution in [3.63, 3.8) is 0 Å². The van der Waals surface area contributed by atoms with Gasteiger partial charge in [0.25, 0.3) is 11.1 Å². The van der Waals surface area contributed by atoms with Gasteiger partial charge in [0.2, 0.25) is 0 Å². The second kappa shape index (κ2) is 11.0. The zero-order valence-electron chi connectivity index (χ0n) is 18.5. The van der Waals surface area contributed by atoms with Gasteiger partial charge < -0.3 is 9.47 Å².